The van der Waals surface area contributed by atoms with E-state index in [1.165, 1.54) is 0 Å². The van der Waals surface area contributed by atoms with Crippen molar-refractivity contribution in [3.63, 3.8) is 0 Å². The molecule has 0 saturated carbocycles. The van der Waals surface area contributed by atoms with Crippen LogP contribution < -0.4 is 0 Å². The number of rotatable bonds is 4. The Morgan fingerprint density at radius 3 is 2.08 bits per heavy atom. The van der Waals surface area contributed by atoms with Crippen molar-refractivity contribution in [1.82, 2.24) is 4.90 Å². The Hall–Kier alpha value is -0.570. The van der Waals surface area contributed by atoms with Crippen molar-refractivity contribution >= 4 is 5.91 Å². The van der Waals surface area contributed by atoms with Crippen molar-refractivity contribution in [2.45, 2.75) is 33.7 Å². The molecular weight excluding hydrogens is 166 g/mol. The number of hydrogen-bond donors (Lipinski definition) is 1. The Morgan fingerprint density at radius 1 is 1.31 bits per heavy atom. The molecule has 0 aromatic carbocycles. The highest BCUT2D eigenvalue weighted by Gasteiger charge is 2.22. The number of aliphatic hydroxyl groups is 1. The average molecular weight is 187 g/mol. The highest BCUT2D eigenvalue weighted by Crippen LogP contribution is 2.13. The highest BCUT2D eigenvalue weighted by atomic mass is 16.3. The zero-order valence-corrected chi connectivity index (χ0v) is 9.24. The lowest BCUT2D eigenvalue weighted by molar-refractivity contribution is -0.137. The number of carbonyl (C=O) groups excluding carboxylic acids is 1. The predicted molar refractivity (Wildman–Crippen MR) is 53.3 cm³/mol. The maximum Gasteiger partial charge on any atom is 0.225 e. The summed E-state index contributed by atoms with van der Waals surface area (Å²) in [5, 5.41) is 8.88. The molecule has 1 amide bonds. The summed E-state index contributed by atoms with van der Waals surface area (Å²) in [6, 6.07) is -0.0892. The maximum atomic E-state index is 11.7. The van der Waals surface area contributed by atoms with E-state index >= 15 is 0 Å². The number of aliphatic hydroxyl groups excluding tert-OH is 1. The van der Waals surface area contributed by atoms with Crippen LogP contribution in [0, 0.1) is 11.8 Å². The van der Waals surface area contributed by atoms with Crippen molar-refractivity contribution in [3.05, 3.63) is 0 Å². The van der Waals surface area contributed by atoms with Crippen LogP contribution in [0.3, 0.4) is 0 Å². The van der Waals surface area contributed by atoms with Crippen molar-refractivity contribution in [2.24, 2.45) is 11.8 Å². The molecule has 0 aliphatic heterocycles. The van der Waals surface area contributed by atoms with Gasteiger partial charge in [-0.3, -0.25) is 4.79 Å². The molecule has 0 fully saturated rings. The van der Waals surface area contributed by atoms with Crippen LogP contribution in [0.25, 0.3) is 0 Å². The van der Waals surface area contributed by atoms with E-state index < -0.39 is 0 Å². The van der Waals surface area contributed by atoms with Gasteiger partial charge in [-0.25, -0.2) is 0 Å². The maximum absolute atomic E-state index is 11.7. The molecule has 2 atom stereocenters. The van der Waals surface area contributed by atoms with Crippen LogP contribution in [0.2, 0.25) is 0 Å². The molecule has 0 rings (SSSR count). The van der Waals surface area contributed by atoms with Crippen molar-refractivity contribution < 1.29 is 9.90 Å². The fourth-order valence-corrected chi connectivity index (χ4v) is 0.946. The number of hydrogen-bond acceptors (Lipinski definition) is 2. The Kier molecular flexibility index (Phi) is 4.99. The zero-order chi connectivity index (χ0) is 10.6. The van der Waals surface area contributed by atoms with Crippen LogP contribution >= 0.6 is 0 Å². The van der Waals surface area contributed by atoms with Crippen molar-refractivity contribution in [3.8, 4) is 0 Å². The third-order valence-electron chi connectivity index (χ3n) is 2.66. The van der Waals surface area contributed by atoms with E-state index in [1.54, 1.807) is 11.9 Å². The lowest BCUT2D eigenvalue weighted by Gasteiger charge is -2.27. The Labute approximate surface area is 80.7 Å². The minimum Gasteiger partial charge on any atom is -0.394 e. The summed E-state index contributed by atoms with van der Waals surface area (Å²) >= 11 is 0. The molecule has 0 aromatic rings. The smallest absolute Gasteiger partial charge is 0.225 e. The molecule has 0 aromatic heterocycles. The number of amides is 1. The Morgan fingerprint density at radius 2 is 1.77 bits per heavy atom. The average Bonchev–Trinajstić information content (AvgIpc) is 2.12. The van der Waals surface area contributed by atoms with Gasteiger partial charge in [0.15, 0.2) is 0 Å². The predicted octanol–water partition coefficient (Wildman–Crippen LogP) is 1.12. The topological polar surface area (TPSA) is 40.5 Å². The van der Waals surface area contributed by atoms with E-state index in [4.69, 9.17) is 5.11 Å². The van der Waals surface area contributed by atoms with Crippen LogP contribution in [0.4, 0.5) is 0 Å². The first-order valence-electron chi connectivity index (χ1n) is 4.79. The Bertz CT molecular complexity index is 168. The first-order chi connectivity index (χ1) is 5.91. The van der Waals surface area contributed by atoms with Crippen LogP contribution in [0.5, 0.6) is 0 Å². The quantitative estimate of drug-likeness (QED) is 0.716. The molecule has 0 aliphatic rings. The summed E-state index contributed by atoms with van der Waals surface area (Å²) < 4.78 is 0. The summed E-state index contributed by atoms with van der Waals surface area (Å²) in [6.45, 7) is 7.84. The number of carbonyl (C=O) groups is 1. The van der Waals surface area contributed by atoms with E-state index in [0.29, 0.717) is 5.92 Å². The molecule has 3 nitrogen and oxygen atoms in total. The molecule has 1 N–H and O–H groups in total. The van der Waals surface area contributed by atoms with Gasteiger partial charge in [-0.1, -0.05) is 20.8 Å². The number of nitrogens with zero attached hydrogens (tertiary/aromatic N) is 1. The van der Waals surface area contributed by atoms with E-state index in [1.807, 2.05) is 27.7 Å². The molecule has 0 spiro atoms. The van der Waals surface area contributed by atoms with Gasteiger partial charge in [-0.2, -0.15) is 0 Å². The number of likely N-dealkylation sites (N-methyl/N-ethyl adjacent to an activating group) is 1. The SMILES string of the molecule is CC(C)C(C)C(=O)N(C)C(C)CO. The van der Waals surface area contributed by atoms with Gasteiger partial charge in [-0.05, 0) is 12.8 Å². The molecule has 0 radical (unpaired) electrons. The van der Waals surface area contributed by atoms with Gasteiger partial charge in [0.1, 0.15) is 0 Å². The van der Waals surface area contributed by atoms with Crippen LogP contribution in [0.15, 0.2) is 0 Å². The van der Waals surface area contributed by atoms with Crippen molar-refractivity contribution in [1.29, 1.82) is 0 Å². The van der Waals surface area contributed by atoms with Gasteiger partial charge in [0, 0.05) is 13.0 Å². The second kappa shape index (κ2) is 5.22. The summed E-state index contributed by atoms with van der Waals surface area (Å²) in [5.41, 5.74) is 0. The van der Waals surface area contributed by atoms with Crippen molar-refractivity contribution in [2.75, 3.05) is 13.7 Å². The highest BCUT2D eigenvalue weighted by molar-refractivity contribution is 5.78. The third kappa shape index (κ3) is 3.35. The van der Waals surface area contributed by atoms with Crippen LogP contribution in [0.1, 0.15) is 27.7 Å². The Balaban J connectivity index is 4.25. The fraction of sp³-hybridized carbons (Fsp3) is 0.900. The molecule has 13 heavy (non-hydrogen) atoms. The molecule has 0 saturated heterocycles. The second-order valence-electron chi connectivity index (χ2n) is 4.01. The minimum absolute atomic E-state index is 0.0209. The molecule has 0 heterocycles. The third-order valence-corrected chi connectivity index (χ3v) is 2.66. The normalized spacial score (nSPS) is 15.6. The van der Waals surface area contributed by atoms with Gasteiger partial charge in [0.2, 0.25) is 5.91 Å². The second-order valence-corrected chi connectivity index (χ2v) is 4.01. The van der Waals surface area contributed by atoms with Gasteiger partial charge < -0.3 is 10.0 Å². The molecular formula is C10H21NO2. The summed E-state index contributed by atoms with van der Waals surface area (Å²) in [5.74, 6) is 0.483. The monoisotopic (exact) mass is 187 g/mol. The largest absolute Gasteiger partial charge is 0.394 e. The van der Waals surface area contributed by atoms with E-state index in [0.717, 1.165) is 0 Å². The van der Waals surface area contributed by atoms with E-state index in [9.17, 15) is 4.79 Å². The lowest BCUT2D eigenvalue weighted by atomic mass is 9.96. The first-order valence-corrected chi connectivity index (χ1v) is 4.79. The minimum atomic E-state index is -0.0892. The molecule has 0 bridgehead atoms. The van der Waals surface area contributed by atoms with Crippen LogP contribution in [-0.4, -0.2) is 35.6 Å². The molecule has 78 valence electrons. The van der Waals surface area contributed by atoms with Gasteiger partial charge in [0.25, 0.3) is 0 Å². The van der Waals surface area contributed by atoms with E-state index in [-0.39, 0.29) is 24.5 Å². The lowest BCUT2D eigenvalue weighted by Crippen LogP contribution is -2.41. The van der Waals surface area contributed by atoms with E-state index in [2.05, 4.69) is 0 Å². The van der Waals surface area contributed by atoms with Gasteiger partial charge in [0.05, 0.1) is 12.6 Å². The van der Waals surface area contributed by atoms with Gasteiger partial charge in [-0.15, -0.1) is 0 Å². The molecule has 3 heteroatoms. The summed E-state index contributed by atoms with van der Waals surface area (Å²) in [6.07, 6.45) is 0. The van der Waals surface area contributed by atoms with Gasteiger partial charge >= 0.3 is 0 Å². The summed E-state index contributed by atoms with van der Waals surface area (Å²) in [7, 11) is 1.74. The summed E-state index contributed by atoms with van der Waals surface area (Å²) in [4.78, 5) is 13.3. The molecule has 2 unspecified atom stereocenters. The standard InChI is InChI=1S/C10H21NO2/c1-7(2)9(4)10(13)11(5)8(3)6-12/h7-9,12H,6H2,1-5H3. The first kappa shape index (κ1) is 12.4. The zero-order valence-electron chi connectivity index (χ0n) is 9.24. The molecule has 0 aliphatic carbocycles. The van der Waals surface area contributed by atoms with Crippen LogP contribution in [-0.2, 0) is 4.79 Å². The fourth-order valence-electron chi connectivity index (χ4n) is 0.946.